The molecule has 0 bridgehead atoms. The minimum absolute atomic E-state index is 0.0531. The fraction of sp³-hybridized carbons (Fsp3) is 0.409. The van der Waals surface area contributed by atoms with Crippen molar-refractivity contribution < 1.29 is 22.4 Å². The van der Waals surface area contributed by atoms with Gasteiger partial charge in [-0.3, -0.25) is 14.4 Å². The van der Waals surface area contributed by atoms with E-state index in [4.69, 9.17) is 0 Å². The van der Waals surface area contributed by atoms with E-state index >= 15 is 0 Å². The van der Waals surface area contributed by atoms with E-state index in [0.717, 1.165) is 0 Å². The maximum absolute atomic E-state index is 13.7. The highest BCUT2D eigenvalue weighted by Crippen LogP contribution is 2.44. The number of hydrogen-bond acceptors (Lipinski definition) is 5. The number of sulfone groups is 1. The van der Waals surface area contributed by atoms with Crippen molar-refractivity contribution in [3.05, 3.63) is 68.9 Å². The molecule has 0 atom stereocenters. The lowest BCUT2D eigenvalue weighted by atomic mass is 10.1. The minimum Gasteiger partial charge on any atom is -0.348 e. The Hall–Kier alpha value is -3.01. The van der Waals surface area contributed by atoms with E-state index in [-0.39, 0.29) is 43.3 Å². The molecule has 1 N–H and O–H groups in total. The Morgan fingerprint density at radius 3 is 2.50 bits per heavy atom. The van der Waals surface area contributed by atoms with Crippen LogP contribution in [0.2, 0.25) is 0 Å². The van der Waals surface area contributed by atoms with Crippen LogP contribution in [-0.4, -0.2) is 53.8 Å². The van der Waals surface area contributed by atoms with Gasteiger partial charge in [-0.05, 0) is 49.1 Å². The van der Waals surface area contributed by atoms with Gasteiger partial charge in [0.1, 0.15) is 17.1 Å². The van der Waals surface area contributed by atoms with Crippen LogP contribution in [0.5, 0.6) is 0 Å². The lowest BCUT2D eigenvalue weighted by Crippen LogP contribution is -2.49. The molecule has 1 saturated carbocycles. The molecule has 2 amide bonds. The number of aryl methyl sites for hydroxylation is 1. The van der Waals surface area contributed by atoms with Gasteiger partial charge in [0.05, 0.1) is 4.75 Å². The molecular weight excluding hydrogens is 437 g/mol. The van der Waals surface area contributed by atoms with E-state index in [2.05, 4.69) is 5.32 Å². The third-order valence-corrected chi connectivity index (χ3v) is 8.39. The van der Waals surface area contributed by atoms with Crippen molar-refractivity contribution in [3.63, 3.8) is 0 Å². The zero-order chi connectivity index (χ0) is 23.3. The van der Waals surface area contributed by atoms with Crippen LogP contribution in [0, 0.1) is 12.7 Å². The number of nitrogens with zero attached hydrogens (tertiary/aromatic N) is 2. The summed E-state index contributed by atoms with van der Waals surface area (Å²) in [7, 11) is -3.29. The lowest BCUT2D eigenvalue weighted by molar-refractivity contribution is 0.0695. The van der Waals surface area contributed by atoms with Crippen LogP contribution in [0.4, 0.5) is 4.39 Å². The van der Waals surface area contributed by atoms with Crippen molar-refractivity contribution in [1.82, 2.24) is 14.8 Å². The summed E-state index contributed by atoms with van der Waals surface area (Å²) < 4.78 is 38.2. The van der Waals surface area contributed by atoms with Crippen LogP contribution in [-0.2, 0) is 22.9 Å². The summed E-state index contributed by atoms with van der Waals surface area (Å²) in [4.78, 5) is 39.8. The molecule has 0 unspecified atom stereocenters. The van der Waals surface area contributed by atoms with Crippen molar-refractivity contribution in [2.75, 3.05) is 19.3 Å². The number of nitrogens with one attached hydrogen (secondary N) is 1. The van der Waals surface area contributed by atoms with Gasteiger partial charge in [-0.2, -0.15) is 0 Å². The summed E-state index contributed by atoms with van der Waals surface area (Å²) in [6.45, 7) is 2.16. The van der Waals surface area contributed by atoms with Gasteiger partial charge in [-0.15, -0.1) is 0 Å². The molecule has 1 aliphatic heterocycles. The van der Waals surface area contributed by atoms with Gasteiger partial charge in [0.2, 0.25) is 0 Å². The summed E-state index contributed by atoms with van der Waals surface area (Å²) in [6.07, 6.45) is 2.22. The summed E-state index contributed by atoms with van der Waals surface area (Å²) in [5.74, 6) is -1.42. The second-order valence-electron chi connectivity index (χ2n) is 8.54. The van der Waals surface area contributed by atoms with Crippen LogP contribution < -0.4 is 10.9 Å². The van der Waals surface area contributed by atoms with E-state index in [9.17, 15) is 27.2 Å². The normalized spacial score (nSPS) is 17.1. The molecule has 0 radical (unpaired) electrons. The van der Waals surface area contributed by atoms with Crippen molar-refractivity contribution in [2.24, 2.45) is 0 Å². The first-order chi connectivity index (χ1) is 15.0. The summed E-state index contributed by atoms with van der Waals surface area (Å²) in [5.41, 5.74) is 0.480. The first kappa shape index (κ1) is 22.2. The van der Waals surface area contributed by atoms with Crippen LogP contribution in [0.15, 0.2) is 35.1 Å². The second kappa shape index (κ2) is 7.84. The van der Waals surface area contributed by atoms with E-state index in [0.29, 0.717) is 24.0 Å². The fourth-order valence-corrected chi connectivity index (χ4v) is 5.19. The number of rotatable bonds is 6. The zero-order valence-corrected chi connectivity index (χ0v) is 18.7. The van der Waals surface area contributed by atoms with Gasteiger partial charge < -0.3 is 14.8 Å². The molecule has 2 heterocycles. The van der Waals surface area contributed by atoms with Crippen LogP contribution >= 0.6 is 0 Å². The largest absolute Gasteiger partial charge is 0.348 e. The highest BCUT2D eigenvalue weighted by Gasteiger charge is 2.54. The summed E-state index contributed by atoms with van der Waals surface area (Å²) in [5, 5.41) is 2.60. The number of fused-ring (bicyclic) bond motifs is 1. The molecule has 1 fully saturated rings. The number of halogens is 1. The van der Waals surface area contributed by atoms with Crippen LogP contribution in [0.25, 0.3) is 0 Å². The number of carbonyl (C=O) groups is 2. The molecule has 1 aromatic carbocycles. The predicted molar refractivity (Wildman–Crippen MR) is 116 cm³/mol. The predicted octanol–water partition coefficient (Wildman–Crippen LogP) is 1.26. The highest BCUT2D eigenvalue weighted by molar-refractivity contribution is 7.92. The Morgan fingerprint density at radius 2 is 1.88 bits per heavy atom. The van der Waals surface area contributed by atoms with Gasteiger partial charge >= 0.3 is 0 Å². The van der Waals surface area contributed by atoms with E-state index < -0.39 is 32.0 Å². The molecule has 1 aromatic heterocycles. The Bertz CT molecular complexity index is 1280. The average molecular weight is 462 g/mol. The molecule has 2 aromatic rings. The zero-order valence-electron chi connectivity index (χ0n) is 17.9. The van der Waals surface area contributed by atoms with E-state index in [1.54, 1.807) is 19.1 Å². The third kappa shape index (κ3) is 3.94. The van der Waals surface area contributed by atoms with Crippen molar-refractivity contribution in [3.8, 4) is 0 Å². The number of aromatic nitrogens is 1. The first-order valence-electron chi connectivity index (χ1n) is 10.3. The molecule has 1 aliphatic carbocycles. The summed E-state index contributed by atoms with van der Waals surface area (Å²) in [6, 6.07) is 7.33. The fourth-order valence-electron chi connectivity index (χ4n) is 3.95. The number of amides is 2. The van der Waals surface area contributed by atoms with Crippen molar-refractivity contribution in [2.45, 2.75) is 37.6 Å². The third-order valence-electron chi connectivity index (χ3n) is 6.28. The van der Waals surface area contributed by atoms with Crippen molar-refractivity contribution in [1.29, 1.82) is 0 Å². The quantitative estimate of drug-likeness (QED) is 0.697. The van der Waals surface area contributed by atoms with E-state index in [1.165, 1.54) is 33.9 Å². The Kier molecular flexibility index (Phi) is 5.44. The average Bonchev–Trinajstić information content (AvgIpc) is 3.52. The topological polar surface area (TPSA) is 106 Å². The van der Waals surface area contributed by atoms with Gasteiger partial charge in [-0.1, -0.05) is 12.1 Å². The van der Waals surface area contributed by atoms with Gasteiger partial charge in [0.25, 0.3) is 17.4 Å². The Labute approximate surface area is 185 Å². The molecule has 8 nitrogen and oxygen atoms in total. The van der Waals surface area contributed by atoms with Crippen LogP contribution in [0.3, 0.4) is 0 Å². The molecule has 0 saturated heterocycles. The number of benzene rings is 1. The molecule has 170 valence electrons. The van der Waals surface area contributed by atoms with E-state index in [1.807, 2.05) is 0 Å². The first-order valence-corrected chi connectivity index (χ1v) is 12.2. The molecular formula is C22H24FN3O5S. The van der Waals surface area contributed by atoms with Crippen molar-refractivity contribution >= 4 is 21.7 Å². The monoisotopic (exact) mass is 461 g/mol. The molecule has 10 heteroatoms. The van der Waals surface area contributed by atoms with Gasteiger partial charge in [0, 0.05) is 32.4 Å². The van der Waals surface area contributed by atoms with Gasteiger partial charge in [-0.25, -0.2) is 12.8 Å². The van der Waals surface area contributed by atoms with Gasteiger partial charge in [0.15, 0.2) is 9.84 Å². The number of pyridine rings is 1. The second-order valence-corrected chi connectivity index (χ2v) is 10.9. The molecule has 2 aliphatic rings. The molecule has 32 heavy (non-hydrogen) atoms. The molecule has 0 spiro atoms. The Morgan fingerprint density at radius 1 is 1.16 bits per heavy atom. The maximum atomic E-state index is 13.7. The lowest BCUT2D eigenvalue weighted by Gasteiger charge is -2.32. The highest BCUT2D eigenvalue weighted by atomic mass is 32.2. The number of hydrogen-bond donors (Lipinski definition) is 1. The smallest absolute Gasteiger partial charge is 0.270 e. The standard InChI is InChI=1S/C22H24FN3O5S/c1-14-3-4-15(11-17(14)23)12-24-19(27)16-5-6-18-21(29)25(9-10-26(18)20(16)28)13-22(7-8-22)32(2,30)31/h3-6,11H,7-10,12-13H2,1-2H3,(H,24,27). The van der Waals surface area contributed by atoms with Crippen LogP contribution in [0.1, 0.15) is 44.8 Å². The SMILES string of the molecule is Cc1ccc(CNC(=O)c2ccc3n(c2=O)CCN(CC2(S(C)(=O)=O)CC2)C3=O)cc1F. The number of carbonyl (C=O) groups excluding carboxylic acids is 2. The maximum Gasteiger partial charge on any atom is 0.270 e. The summed E-state index contributed by atoms with van der Waals surface area (Å²) >= 11 is 0. The molecule has 4 rings (SSSR count). The minimum atomic E-state index is -3.29. The Balaban J connectivity index is 1.50.